The van der Waals surface area contributed by atoms with E-state index in [2.05, 4.69) is 49.6 Å². The fourth-order valence-corrected chi connectivity index (χ4v) is 9.09. The van der Waals surface area contributed by atoms with Gasteiger partial charge in [0.25, 0.3) is 0 Å². The van der Waals surface area contributed by atoms with Crippen LogP contribution in [0.3, 0.4) is 0 Å². The number of anilines is 2. The Labute approximate surface area is 201 Å². The van der Waals surface area contributed by atoms with Gasteiger partial charge in [-0.25, -0.2) is 0 Å². The molecule has 0 amide bonds. The van der Waals surface area contributed by atoms with Crippen LogP contribution >= 0.6 is 47.0 Å². The Kier molecular flexibility index (Phi) is 7.98. The van der Waals surface area contributed by atoms with Crippen LogP contribution in [-0.4, -0.2) is 32.5 Å². The zero-order valence-corrected chi connectivity index (χ0v) is 21.5. The zero-order valence-electron chi connectivity index (χ0n) is 18.2. The van der Waals surface area contributed by atoms with Crippen LogP contribution in [0.25, 0.3) is 0 Å². The summed E-state index contributed by atoms with van der Waals surface area (Å²) >= 11 is 6.41. The van der Waals surface area contributed by atoms with E-state index in [4.69, 9.17) is 0 Å². The number of rotatable bonds is 7. The summed E-state index contributed by atoms with van der Waals surface area (Å²) < 4.78 is 1.77. The molecular formula is C22H24N4OS4. The number of benzene rings is 1. The lowest BCUT2D eigenvalue weighted by molar-refractivity contribution is -0.104. The van der Waals surface area contributed by atoms with E-state index in [0.29, 0.717) is 6.29 Å². The number of nitriles is 2. The normalized spacial score (nSPS) is 13.9. The first-order valence-corrected chi connectivity index (χ1v) is 13.4. The molecule has 1 aromatic carbocycles. The summed E-state index contributed by atoms with van der Waals surface area (Å²) in [4.78, 5) is 20.8. The summed E-state index contributed by atoms with van der Waals surface area (Å²) in [5, 5.41) is 19.0. The largest absolute Gasteiger partial charge is 0.370 e. The highest BCUT2D eigenvalue weighted by molar-refractivity contribution is 8.26. The summed E-state index contributed by atoms with van der Waals surface area (Å²) in [5.74, 6) is 0. The predicted molar refractivity (Wildman–Crippen MR) is 134 cm³/mol. The van der Waals surface area contributed by atoms with E-state index >= 15 is 0 Å². The minimum Gasteiger partial charge on any atom is -0.370 e. The number of hydrogen-bond acceptors (Lipinski definition) is 9. The molecule has 0 radical (unpaired) electrons. The van der Waals surface area contributed by atoms with Crippen molar-refractivity contribution in [2.45, 2.75) is 54.2 Å². The van der Waals surface area contributed by atoms with Gasteiger partial charge in [-0.3, -0.25) is 4.79 Å². The van der Waals surface area contributed by atoms with Crippen LogP contribution in [0.15, 0.2) is 39.2 Å². The third-order valence-electron chi connectivity index (χ3n) is 5.14. The van der Waals surface area contributed by atoms with Gasteiger partial charge in [0.2, 0.25) is 0 Å². The summed E-state index contributed by atoms with van der Waals surface area (Å²) in [6.07, 6.45) is 0.656. The zero-order chi connectivity index (χ0) is 22.7. The number of allylic oxidation sites excluding steroid dienone is 2. The maximum atomic E-state index is 11.5. The van der Waals surface area contributed by atoms with Gasteiger partial charge in [0, 0.05) is 31.8 Å². The first-order chi connectivity index (χ1) is 15.0. The van der Waals surface area contributed by atoms with Crippen molar-refractivity contribution < 1.29 is 4.79 Å². The second-order valence-corrected chi connectivity index (χ2v) is 11.3. The van der Waals surface area contributed by atoms with Gasteiger partial charge in [-0.15, -0.1) is 0 Å². The molecule has 9 heteroatoms. The first kappa shape index (κ1) is 24.0. The molecule has 31 heavy (non-hydrogen) atoms. The van der Waals surface area contributed by atoms with Gasteiger partial charge in [0.05, 0.1) is 45.5 Å². The lowest BCUT2D eigenvalue weighted by Gasteiger charge is -2.30. The standard InChI is InChI=1S/C22H24N4OS4/c1-6-25(7-2)15-17-18(29-21(28-17)13(5)10-23)16(26(8-3)9-4)20-19(15)30-22(31-20)14(11-24)12-27/h12H,6-9H2,1-5H3. The Morgan fingerprint density at radius 2 is 1.16 bits per heavy atom. The minimum absolute atomic E-state index is 0.184. The quantitative estimate of drug-likeness (QED) is 0.186. The molecule has 2 aliphatic heterocycles. The molecule has 0 fully saturated rings. The smallest absolute Gasteiger partial charge is 0.162 e. The molecule has 2 heterocycles. The molecule has 0 spiro atoms. The van der Waals surface area contributed by atoms with Gasteiger partial charge in [-0.05, 0) is 34.6 Å². The van der Waals surface area contributed by atoms with Crippen LogP contribution in [0, 0.1) is 22.7 Å². The molecule has 162 valence electrons. The second kappa shape index (κ2) is 10.3. The number of aldehydes is 1. The molecule has 0 aliphatic carbocycles. The molecule has 0 saturated carbocycles. The molecular weight excluding hydrogens is 465 g/mol. The van der Waals surface area contributed by atoms with Crippen LogP contribution < -0.4 is 9.80 Å². The molecule has 3 rings (SSSR count). The Hall–Kier alpha value is -1.65. The average Bonchev–Trinajstić information content (AvgIpc) is 3.41. The van der Waals surface area contributed by atoms with Crippen molar-refractivity contribution in [2.24, 2.45) is 0 Å². The lowest BCUT2D eigenvalue weighted by atomic mass is 10.2. The van der Waals surface area contributed by atoms with E-state index in [9.17, 15) is 15.3 Å². The van der Waals surface area contributed by atoms with E-state index in [0.717, 1.165) is 61.4 Å². The highest BCUT2D eigenvalue weighted by Crippen LogP contribution is 2.68. The molecule has 5 nitrogen and oxygen atoms in total. The van der Waals surface area contributed by atoms with E-state index in [1.807, 2.05) is 6.92 Å². The monoisotopic (exact) mass is 488 g/mol. The predicted octanol–water partition coefficient (Wildman–Crippen LogP) is 6.46. The fraction of sp³-hybridized carbons (Fsp3) is 0.409. The SMILES string of the molecule is CCN(CC)c1c2c(c(N(CC)CC)c3c1SC(=C(C#N)C=O)S3)SC(=C(C)C#N)S2. The average molecular weight is 489 g/mol. The van der Waals surface area contributed by atoms with E-state index in [1.54, 1.807) is 23.5 Å². The third kappa shape index (κ3) is 4.21. The van der Waals surface area contributed by atoms with Crippen molar-refractivity contribution in [3.8, 4) is 12.1 Å². The van der Waals surface area contributed by atoms with Crippen LogP contribution in [-0.2, 0) is 4.79 Å². The van der Waals surface area contributed by atoms with Crippen molar-refractivity contribution in [1.82, 2.24) is 0 Å². The first-order valence-electron chi connectivity index (χ1n) is 10.1. The van der Waals surface area contributed by atoms with Gasteiger partial charge < -0.3 is 9.80 Å². The maximum absolute atomic E-state index is 11.5. The van der Waals surface area contributed by atoms with E-state index in [-0.39, 0.29) is 5.57 Å². The highest BCUT2D eigenvalue weighted by atomic mass is 32.2. The van der Waals surface area contributed by atoms with Crippen molar-refractivity contribution in [3.05, 3.63) is 19.6 Å². The van der Waals surface area contributed by atoms with E-state index < -0.39 is 0 Å². The van der Waals surface area contributed by atoms with Gasteiger partial charge >= 0.3 is 0 Å². The lowest BCUT2D eigenvalue weighted by Crippen LogP contribution is -2.26. The summed E-state index contributed by atoms with van der Waals surface area (Å²) in [5.41, 5.74) is 3.22. The van der Waals surface area contributed by atoms with Crippen LogP contribution in [0.5, 0.6) is 0 Å². The summed E-state index contributed by atoms with van der Waals surface area (Å²) in [7, 11) is 0. The molecule has 2 aliphatic rings. The van der Waals surface area contributed by atoms with Crippen molar-refractivity contribution in [2.75, 3.05) is 36.0 Å². The van der Waals surface area contributed by atoms with Crippen LogP contribution in [0.4, 0.5) is 11.4 Å². The number of hydrogen-bond donors (Lipinski definition) is 0. The Morgan fingerprint density at radius 1 is 0.774 bits per heavy atom. The number of nitrogens with zero attached hydrogens (tertiary/aromatic N) is 4. The number of carbonyl (C=O) groups is 1. The maximum Gasteiger partial charge on any atom is 0.162 e. The molecule has 0 unspecified atom stereocenters. The molecule has 0 N–H and O–H groups in total. The van der Waals surface area contributed by atoms with E-state index in [1.165, 1.54) is 33.3 Å². The molecule has 0 saturated heterocycles. The van der Waals surface area contributed by atoms with Crippen LogP contribution in [0.2, 0.25) is 0 Å². The van der Waals surface area contributed by atoms with Gasteiger partial charge in [0.1, 0.15) is 11.6 Å². The number of thioether (sulfide) groups is 4. The van der Waals surface area contributed by atoms with Crippen molar-refractivity contribution >= 4 is 64.7 Å². The summed E-state index contributed by atoms with van der Waals surface area (Å²) in [6.45, 7) is 13.8. The fourth-order valence-electron chi connectivity index (χ4n) is 3.51. The topological polar surface area (TPSA) is 71.1 Å². The van der Waals surface area contributed by atoms with Gasteiger partial charge in [0.15, 0.2) is 6.29 Å². The number of fused-ring (bicyclic) bond motifs is 2. The minimum atomic E-state index is 0.184. The molecule has 0 aromatic heterocycles. The third-order valence-corrected chi connectivity index (χ3v) is 10.6. The molecule has 1 aromatic rings. The van der Waals surface area contributed by atoms with Gasteiger partial charge in [-0.1, -0.05) is 47.0 Å². The van der Waals surface area contributed by atoms with Crippen molar-refractivity contribution in [3.63, 3.8) is 0 Å². The van der Waals surface area contributed by atoms with Gasteiger partial charge in [-0.2, -0.15) is 10.5 Å². The van der Waals surface area contributed by atoms with Crippen LogP contribution in [0.1, 0.15) is 34.6 Å². The van der Waals surface area contributed by atoms with Crippen molar-refractivity contribution in [1.29, 1.82) is 10.5 Å². The Bertz CT molecular complexity index is 1000. The number of carbonyl (C=O) groups excluding carboxylic acids is 1. The summed E-state index contributed by atoms with van der Waals surface area (Å²) in [6, 6.07) is 4.36. The molecule has 0 atom stereocenters. The highest BCUT2D eigenvalue weighted by Gasteiger charge is 2.38. The Balaban J connectivity index is 2.39. The molecule has 0 bridgehead atoms. The Morgan fingerprint density at radius 3 is 1.45 bits per heavy atom. The second-order valence-electron chi connectivity index (χ2n) is 6.72.